The molecule has 5 nitrogen and oxygen atoms in total. The van der Waals surface area contributed by atoms with Crippen molar-refractivity contribution in [2.45, 2.75) is 13.8 Å². The van der Waals surface area contributed by atoms with Crippen molar-refractivity contribution in [2.24, 2.45) is 5.92 Å². The second-order valence-electron chi connectivity index (χ2n) is 4.16. The maximum absolute atomic E-state index is 11.6. The van der Waals surface area contributed by atoms with Crippen LogP contribution >= 0.6 is 11.8 Å². The van der Waals surface area contributed by atoms with E-state index >= 15 is 0 Å². The maximum Gasteiger partial charge on any atom is 0.333 e. The quantitative estimate of drug-likeness (QED) is 0.371. The first-order chi connectivity index (χ1) is 8.99. The summed E-state index contributed by atoms with van der Waals surface area (Å²) in [5.41, 5.74) is 0.334. The van der Waals surface area contributed by atoms with Gasteiger partial charge >= 0.3 is 11.9 Å². The van der Waals surface area contributed by atoms with E-state index in [0.717, 1.165) is 18.1 Å². The van der Waals surface area contributed by atoms with Gasteiger partial charge in [0, 0.05) is 23.6 Å². The van der Waals surface area contributed by atoms with Crippen LogP contribution in [0.5, 0.6) is 0 Å². The summed E-state index contributed by atoms with van der Waals surface area (Å²) in [6.07, 6.45) is 0. The van der Waals surface area contributed by atoms with Crippen molar-refractivity contribution >= 4 is 23.7 Å². The Bertz CT molecular complexity index is 307. The van der Waals surface area contributed by atoms with Crippen LogP contribution in [0.3, 0.4) is 0 Å². The molecule has 0 heterocycles. The van der Waals surface area contributed by atoms with E-state index < -0.39 is 5.97 Å². The fraction of sp³-hybridized carbons (Fsp3) is 0.692. The van der Waals surface area contributed by atoms with Crippen LogP contribution in [0.25, 0.3) is 0 Å². The molecule has 1 N–H and O–H groups in total. The summed E-state index contributed by atoms with van der Waals surface area (Å²) < 4.78 is 9.83. The number of ether oxygens (including phenoxy) is 2. The van der Waals surface area contributed by atoms with Crippen molar-refractivity contribution in [3.05, 3.63) is 12.2 Å². The molecule has 19 heavy (non-hydrogen) atoms. The molecule has 0 aliphatic rings. The molecule has 1 atom stereocenters. The van der Waals surface area contributed by atoms with Crippen molar-refractivity contribution in [2.75, 3.05) is 38.3 Å². The van der Waals surface area contributed by atoms with Gasteiger partial charge in [-0.1, -0.05) is 13.5 Å². The lowest BCUT2D eigenvalue weighted by Crippen LogP contribution is -2.21. The topological polar surface area (TPSA) is 64.6 Å². The van der Waals surface area contributed by atoms with Gasteiger partial charge in [-0.25, -0.2) is 4.79 Å². The zero-order valence-electron chi connectivity index (χ0n) is 11.9. The molecule has 0 radical (unpaired) electrons. The molecule has 0 rings (SSSR count). The Morgan fingerprint density at radius 2 is 1.95 bits per heavy atom. The molecule has 0 saturated heterocycles. The Balaban J connectivity index is 3.62. The van der Waals surface area contributed by atoms with E-state index in [0.29, 0.717) is 5.57 Å². The van der Waals surface area contributed by atoms with Crippen molar-refractivity contribution in [3.8, 4) is 0 Å². The minimum Gasteiger partial charge on any atom is -0.462 e. The molecule has 0 amide bonds. The fourth-order valence-electron chi connectivity index (χ4n) is 1.04. The van der Waals surface area contributed by atoms with Gasteiger partial charge in [-0.3, -0.25) is 4.79 Å². The number of carbonyl (C=O) groups is 2. The van der Waals surface area contributed by atoms with Gasteiger partial charge in [0.2, 0.25) is 0 Å². The number of esters is 2. The third-order valence-corrected chi connectivity index (χ3v) is 3.40. The molecule has 0 aliphatic carbocycles. The first-order valence-electron chi connectivity index (χ1n) is 6.20. The second kappa shape index (κ2) is 10.9. The summed E-state index contributed by atoms with van der Waals surface area (Å²) in [5, 5.41) is 3.04. The van der Waals surface area contributed by atoms with Crippen LogP contribution in [0.15, 0.2) is 12.2 Å². The molecule has 0 aromatic heterocycles. The van der Waals surface area contributed by atoms with Crippen molar-refractivity contribution in [1.82, 2.24) is 5.32 Å². The highest BCUT2D eigenvalue weighted by Crippen LogP contribution is 2.09. The molecule has 0 saturated carbocycles. The van der Waals surface area contributed by atoms with Crippen LogP contribution in [-0.2, 0) is 19.1 Å². The van der Waals surface area contributed by atoms with Gasteiger partial charge in [0.15, 0.2) is 0 Å². The minimum atomic E-state index is -0.466. The van der Waals surface area contributed by atoms with Gasteiger partial charge in [-0.05, 0) is 14.0 Å². The van der Waals surface area contributed by atoms with Crippen LogP contribution in [0.2, 0.25) is 0 Å². The normalized spacial score (nSPS) is 11.7. The molecular weight excluding hydrogens is 266 g/mol. The van der Waals surface area contributed by atoms with E-state index in [4.69, 9.17) is 9.47 Å². The fourth-order valence-corrected chi connectivity index (χ4v) is 2.05. The number of thioether (sulfide) groups is 1. The molecule has 0 spiro atoms. The number of nitrogens with one attached hydrogen (secondary N) is 1. The Morgan fingerprint density at radius 1 is 1.32 bits per heavy atom. The summed E-state index contributed by atoms with van der Waals surface area (Å²) in [6, 6.07) is 0. The lowest BCUT2D eigenvalue weighted by Gasteiger charge is -2.11. The lowest BCUT2D eigenvalue weighted by atomic mass is 10.2. The molecule has 110 valence electrons. The van der Waals surface area contributed by atoms with Gasteiger partial charge in [-0.15, -0.1) is 0 Å². The van der Waals surface area contributed by atoms with E-state index in [9.17, 15) is 9.59 Å². The van der Waals surface area contributed by atoms with E-state index in [1.807, 2.05) is 14.0 Å². The average Bonchev–Trinajstić information content (AvgIpc) is 2.38. The highest BCUT2D eigenvalue weighted by atomic mass is 32.2. The number of hydrogen-bond donors (Lipinski definition) is 1. The summed E-state index contributed by atoms with van der Waals surface area (Å²) in [7, 11) is 1.89. The van der Waals surface area contributed by atoms with E-state index in [1.54, 1.807) is 18.7 Å². The van der Waals surface area contributed by atoms with Crippen molar-refractivity contribution in [1.29, 1.82) is 0 Å². The van der Waals surface area contributed by atoms with Gasteiger partial charge in [-0.2, -0.15) is 11.8 Å². The number of hydrogen-bond acceptors (Lipinski definition) is 6. The predicted octanol–water partition coefficient (Wildman–Crippen LogP) is 1.24. The summed E-state index contributed by atoms with van der Waals surface area (Å²) >= 11 is 1.70. The number of carbonyl (C=O) groups excluding carboxylic acids is 2. The Kier molecular flexibility index (Phi) is 10.3. The second-order valence-corrected chi connectivity index (χ2v) is 5.31. The van der Waals surface area contributed by atoms with E-state index in [2.05, 4.69) is 11.9 Å². The zero-order chi connectivity index (χ0) is 14.7. The van der Waals surface area contributed by atoms with Crippen LogP contribution < -0.4 is 5.32 Å². The SMILES string of the molecule is C=C(C)C(=O)OCCOC(=O)C(C)CSCCNC. The van der Waals surface area contributed by atoms with Gasteiger partial charge < -0.3 is 14.8 Å². The molecular formula is C13H23NO4S. The van der Waals surface area contributed by atoms with Gasteiger partial charge in [0.25, 0.3) is 0 Å². The third-order valence-electron chi connectivity index (χ3n) is 2.18. The largest absolute Gasteiger partial charge is 0.462 e. The van der Waals surface area contributed by atoms with Crippen LogP contribution in [0.1, 0.15) is 13.8 Å². The van der Waals surface area contributed by atoms with Crippen molar-refractivity contribution < 1.29 is 19.1 Å². The Hall–Kier alpha value is -1.01. The smallest absolute Gasteiger partial charge is 0.333 e. The molecule has 1 unspecified atom stereocenters. The summed E-state index contributed by atoms with van der Waals surface area (Å²) in [5.74, 6) is 0.810. The third kappa shape index (κ3) is 9.55. The molecule has 0 fully saturated rings. The highest BCUT2D eigenvalue weighted by Gasteiger charge is 2.14. The van der Waals surface area contributed by atoms with Gasteiger partial charge in [0.1, 0.15) is 13.2 Å². The monoisotopic (exact) mass is 289 g/mol. The summed E-state index contributed by atoms with van der Waals surface area (Å²) in [4.78, 5) is 22.6. The predicted molar refractivity (Wildman–Crippen MR) is 77.1 cm³/mol. The standard InChI is InChI=1S/C13H23NO4S/c1-10(2)12(15)17-6-7-18-13(16)11(3)9-19-8-5-14-4/h11,14H,1,5-9H2,2-4H3. The highest BCUT2D eigenvalue weighted by molar-refractivity contribution is 7.99. The lowest BCUT2D eigenvalue weighted by molar-refractivity contribution is -0.152. The molecule has 0 aliphatic heterocycles. The zero-order valence-corrected chi connectivity index (χ0v) is 12.7. The Labute approximate surface area is 119 Å². The average molecular weight is 289 g/mol. The Morgan fingerprint density at radius 3 is 2.53 bits per heavy atom. The first-order valence-corrected chi connectivity index (χ1v) is 7.36. The molecule has 0 aromatic carbocycles. The van der Waals surface area contributed by atoms with Crippen LogP contribution in [0.4, 0.5) is 0 Å². The molecule has 6 heteroatoms. The van der Waals surface area contributed by atoms with E-state index in [1.165, 1.54) is 0 Å². The minimum absolute atomic E-state index is 0.0665. The first kappa shape index (κ1) is 18.0. The molecule has 0 bridgehead atoms. The van der Waals surface area contributed by atoms with E-state index in [-0.39, 0.29) is 25.1 Å². The summed E-state index contributed by atoms with van der Waals surface area (Å²) in [6.45, 7) is 7.93. The van der Waals surface area contributed by atoms with Crippen LogP contribution in [0, 0.1) is 5.92 Å². The van der Waals surface area contributed by atoms with Gasteiger partial charge in [0.05, 0.1) is 5.92 Å². The number of rotatable bonds is 10. The molecule has 0 aromatic rings. The van der Waals surface area contributed by atoms with Crippen molar-refractivity contribution in [3.63, 3.8) is 0 Å². The van der Waals surface area contributed by atoms with Crippen LogP contribution in [-0.4, -0.2) is 50.3 Å². The maximum atomic E-state index is 11.6.